The predicted octanol–water partition coefficient (Wildman–Crippen LogP) is 2.43. The van der Waals surface area contributed by atoms with E-state index in [0.717, 1.165) is 15.3 Å². The molecule has 2 aromatic rings. The van der Waals surface area contributed by atoms with Crippen LogP contribution in [0.25, 0.3) is 0 Å². The van der Waals surface area contributed by atoms with Crippen molar-refractivity contribution in [3.8, 4) is 11.8 Å². The number of aliphatic hydroxyl groups is 1. The maximum atomic E-state index is 12.1. The summed E-state index contributed by atoms with van der Waals surface area (Å²) in [5, 5.41) is 12.5. The van der Waals surface area contributed by atoms with Gasteiger partial charge in [0.1, 0.15) is 6.61 Å². The molecule has 3 nitrogen and oxygen atoms in total. The summed E-state index contributed by atoms with van der Waals surface area (Å²) in [6, 6.07) is 5.65. The van der Waals surface area contributed by atoms with Gasteiger partial charge in [-0.25, -0.2) is 0 Å². The van der Waals surface area contributed by atoms with Crippen LogP contribution in [-0.2, 0) is 6.54 Å². The fourth-order valence-electron chi connectivity index (χ4n) is 1.58. The van der Waals surface area contributed by atoms with E-state index in [2.05, 4.69) is 11.8 Å². The van der Waals surface area contributed by atoms with Crippen LogP contribution in [0.5, 0.6) is 0 Å². The third-order valence-electron chi connectivity index (χ3n) is 2.44. The average Bonchev–Trinajstić information content (AvgIpc) is 3.06. The minimum absolute atomic E-state index is 0.0317. The summed E-state index contributed by atoms with van der Waals surface area (Å²) in [5.41, 5.74) is 1.06. The SMILES string of the molecule is CN(Cc1csc(C#CCO)c1)C(=O)c1cccs1. The lowest BCUT2D eigenvalue weighted by Gasteiger charge is -2.15. The van der Waals surface area contributed by atoms with E-state index in [1.54, 1.807) is 11.9 Å². The fraction of sp³-hybridized carbons (Fsp3) is 0.214. The number of amides is 1. The molecule has 2 aromatic heterocycles. The van der Waals surface area contributed by atoms with E-state index in [1.165, 1.54) is 22.7 Å². The third-order valence-corrected chi connectivity index (χ3v) is 4.20. The highest BCUT2D eigenvalue weighted by atomic mass is 32.1. The summed E-state index contributed by atoms with van der Waals surface area (Å²) in [6.07, 6.45) is 0. The Kier molecular flexibility index (Phi) is 4.74. The van der Waals surface area contributed by atoms with Gasteiger partial charge in [-0.15, -0.1) is 22.7 Å². The number of hydrogen-bond acceptors (Lipinski definition) is 4. The molecule has 0 spiro atoms. The molecule has 1 amide bonds. The van der Waals surface area contributed by atoms with Crippen molar-refractivity contribution in [3.05, 3.63) is 44.3 Å². The molecule has 2 rings (SSSR count). The van der Waals surface area contributed by atoms with Crippen LogP contribution in [-0.4, -0.2) is 29.6 Å². The molecule has 0 fully saturated rings. The Morgan fingerprint density at radius 2 is 2.32 bits per heavy atom. The molecule has 19 heavy (non-hydrogen) atoms. The quantitative estimate of drug-likeness (QED) is 0.882. The van der Waals surface area contributed by atoms with Crippen molar-refractivity contribution in [1.29, 1.82) is 0 Å². The van der Waals surface area contributed by atoms with Crippen LogP contribution in [0.2, 0.25) is 0 Å². The van der Waals surface area contributed by atoms with Gasteiger partial charge in [-0.3, -0.25) is 4.79 Å². The van der Waals surface area contributed by atoms with Gasteiger partial charge in [0.05, 0.1) is 9.75 Å². The Hall–Kier alpha value is -1.61. The van der Waals surface area contributed by atoms with Gasteiger partial charge in [-0.2, -0.15) is 0 Å². The number of nitrogens with zero attached hydrogens (tertiary/aromatic N) is 1. The van der Waals surface area contributed by atoms with Crippen LogP contribution in [0.15, 0.2) is 29.0 Å². The van der Waals surface area contributed by atoms with Gasteiger partial charge in [0.25, 0.3) is 5.91 Å². The van der Waals surface area contributed by atoms with Crippen molar-refractivity contribution in [2.75, 3.05) is 13.7 Å². The highest BCUT2D eigenvalue weighted by Crippen LogP contribution is 2.17. The molecule has 0 aliphatic rings. The van der Waals surface area contributed by atoms with Crippen LogP contribution >= 0.6 is 22.7 Å². The first-order valence-corrected chi connectivity index (χ1v) is 7.42. The van der Waals surface area contributed by atoms with Crippen LogP contribution in [0.1, 0.15) is 20.1 Å². The molecular weight excluding hydrogens is 278 g/mol. The van der Waals surface area contributed by atoms with Crippen molar-refractivity contribution in [2.45, 2.75) is 6.54 Å². The standard InChI is InChI=1S/C14H13NO2S2/c1-15(14(17)13-5-3-7-18-13)9-11-8-12(19-10-11)4-2-6-16/h3,5,7-8,10,16H,6,9H2,1H3. The first-order valence-electron chi connectivity index (χ1n) is 5.67. The summed E-state index contributed by atoms with van der Waals surface area (Å²) >= 11 is 2.97. The highest BCUT2D eigenvalue weighted by molar-refractivity contribution is 7.12. The van der Waals surface area contributed by atoms with E-state index in [4.69, 9.17) is 5.11 Å². The molecule has 0 unspecified atom stereocenters. The zero-order valence-corrected chi connectivity index (χ0v) is 12.1. The molecule has 5 heteroatoms. The summed E-state index contributed by atoms with van der Waals surface area (Å²) in [4.78, 5) is 15.4. The Balaban J connectivity index is 2.01. The van der Waals surface area contributed by atoms with Gasteiger partial charge < -0.3 is 10.0 Å². The summed E-state index contributed by atoms with van der Waals surface area (Å²) in [7, 11) is 1.79. The van der Waals surface area contributed by atoms with Gasteiger partial charge in [0.15, 0.2) is 0 Å². The van der Waals surface area contributed by atoms with Crippen LogP contribution in [0, 0.1) is 11.8 Å². The Morgan fingerprint density at radius 3 is 3.00 bits per heavy atom. The summed E-state index contributed by atoms with van der Waals surface area (Å²) in [5.74, 6) is 5.51. The first-order chi connectivity index (χ1) is 9.20. The summed E-state index contributed by atoms with van der Waals surface area (Å²) < 4.78 is 0. The highest BCUT2D eigenvalue weighted by Gasteiger charge is 2.13. The Morgan fingerprint density at radius 1 is 1.47 bits per heavy atom. The molecule has 1 N–H and O–H groups in total. The van der Waals surface area contributed by atoms with E-state index in [-0.39, 0.29) is 12.5 Å². The number of thiophene rings is 2. The van der Waals surface area contributed by atoms with Gasteiger partial charge in [0.2, 0.25) is 0 Å². The smallest absolute Gasteiger partial charge is 0.263 e. The van der Waals surface area contributed by atoms with E-state index < -0.39 is 0 Å². The number of rotatable bonds is 3. The number of carbonyl (C=O) groups is 1. The summed E-state index contributed by atoms with van der Waals surface area (Å²) in [6.45, 7) is 0.429. The molecule has 0 aliphatic heterocycles. The third kappa shape index (κ3) is 3.67. The second-order valence-electron chi connectivity index (χ2n) is 3.92. The zero-order chi connectivity index (χ0) is 13.7. The van der Waals surface area contributed by atoms with Crippen LogP contribution < -0.4 is 0 Å². The van der Waals surface area contributed by atoms with E-state index in [1.807, 2.05) is 29.0 Å². The largest absolute Gasteiger partial charge is 0.384 e. The van der Waals surface area contributed by atoms with Gasteiger partial charge in [-0.1, -0.05) is 17.9 Å². The lowest BCUT2D eigenvalue weighted by molar-refractivity contribution is 0.0790. The normalized spacial score (nSPS) is 9.79. The van der Waals surface area contributed by atoms with E-state index >= 15 is 0 Å². The minimum Gasteiger partial charge on any atom is -0.384 e. The molecule has 0 aliphatic carbocycles. The topological polar surface area (TPSA) is 40.5 Å². The Bertz CT molecular complexity index is 605. The molecule has 0 atom stereocenters. The van der Waals surface area contributed by atoms with Crippen LogP contribution in [0.4, 0.5) is 0 Å². The van der Waals surface area contributed by atoms with Crippen molar-refractivity contribution < 1.29 is 9.90 Å². The number of carbonyl (C=O) groups excluding carboxylic acids is 1. The second kappa shape index (κ2) is 6.53. The van der Waals surface area contributed by atoms with Gasteiger partial charge >= 0.3 is 0 Å². The number of hydrogen-bond donors (Lipinski definition) is 1. The number of aliphatic hydroxyl groups excluding tert-OH is 1. The lowest BCUT2D eigenvalue weighted by Crippen LogP contribution is -2.25. The molecule has 0 aromatic carbocycles. The van der Waals surface area contributed by atoms with Gasteiger partial charge in [0, 0.05) is 13.6 Å². The Labute approximate surface area is 120 Å². The van der Waals surface area contributed by atoms with E-state index in [0.29, 0.717) is 6.54 Å². The van der Waals surface area contributed by atoms with Crippen LogP contribution in [0.3, 0.4) is 0 Å². The van der Waals surface area contributed by atoms with E-state index in [9.17, 15) is 4.79 Å². The fourth-order valence-corrected chi connectivity index (χ4v) is 3.07. The van der Waals surface area contributed by atoms with Gasteiger partial charge in [-0.05, 0) is 28.5 Å². The zero-order valence-electron chi connectivity index (χ0n) is 10.4. The first kappa shape index (κ1) is 13.8. The maximum Gasteiger partial charge on any atom is 0.263 e. The molecule has 98 valence electrons. The van der Waals surface area contributed by atoms with Crippen molar-refractivity contribution in [1.82, 2.24) is 4.90 Å². The lowest BCUT2D eigenvalue weighted by atomic mass is 10.3. The molecule has 2 heterocycles. The minimum atomic E-state index is -0.135. The second-order valence-corrected chi connectivity index (χ2v) is 5.78. The molecule has 0 radical (unpaired) electrons. The van der Waals surface area contributed by atoms with Crippen molar-refractivity contribution >= 4 is 28.6 Å². The average molecular weight is 291 g/mol. The monoisotopic (exact) mass is 291 g/mol. The molecule has 0 saturated carbocycles. The molecule has 0 bridgehead atoms. The maximum absolute atomic E-state index is 12.1. The molecular formula is C14H13NO2S2. The predicted molar refractivity (Wildman–Crippen MR) is 78.4 cm³/mol. The van der Waals surface area contributed by atoms with Crippen molar-refractivity contribution in [2.24, 2.45) is 0 Å². The van der Waals surface area contributed by atoms with Crippen molar-refractivity contribution in [3.63, 3.8) is 0 Å². The molecule has 0 saturated heterocycles.